The van der Waals surface area contributed by atoms with E-state index in [1.807, 2.05) is 53.5 Å². The number of nitrogens with one attached hydrogen (secondary N) is 1. The van der Waals surface area contributed by atoms with Gasteiger partial charge in [-0.3, -0.25) is 4.79 Å². The van der Waals surface area contributed by atoms with E-state index in [4.69, 9.17) is 0 Å². The summed E-state index contributed by atoms with van der Waals surface area (Å²) in [5.74, 6) is 1.16. The second kappa shape index (κ2) is 6.47. The predicted octanol–water partition coefficient (Wildman–Crippen LogP) is 2.84. The van der Waals surface area contributed by atoms with Gasteiger partial charge in [0.1, 0.15) is 17.5 Å². The van der Waals surface area contributed by atoms with Crippen molar-refractivity contribution in [2.75, 3.05) is 0 Å². The average Bonchev–Trinajstić information content (AvgIpc) is 3.19. The van der Waals surface area contributed by atoms with E-state index < -0.39 is 0 Å². The van der Waals surface area contributed by atoms with Gasteiger partial charge in [-0.25, -0.2) is 9.97 Å². The van der Waals surface area contributed by atoms with E-state index in [1.54, 1.807) is 6.20 Å². The van der Waals surface area contributed by atoms with Crippen molar-refractivity contribution in [3.8, 4) is 0 Å². The number of carbonyl (C=O) groups is 1. The van der Waals surface area contributed by atoms with Crippen LogP contribution in [0.15, 0.2) is 36.9 Å². The monoisotopic (exact) mass is 325 g/mol. The van der Waals surface area contributed by atoms with Crippen LogP contribution >= 0.6 is 0 Å². The molecule has 0 saturated carbocycles. The van der Waals surface area contributed by atoms with E-state index in [2.05, 4.69) is 29.1 Å². The maximum atomic E-state index is 12.5. The van der Waals surface area contributed by atoms with Gasteiger partial charge in [0.15, 0.2) is 0 Å². The molecule has 3 aromatic heterocycles. The number of carbonyl (C=O) groups excluding carboxylic acids is 1. The number of fused-ring (bicyclic) bond motifs is 1. The van der Waals surface area contributed by atoms with Gasteiger partial charge in [0.05, 0.1) is 18.4 Å². The van der Waals surface area contributed by atoms with Crippen molar-refractivity contribution < 1.29 is 4.79 Å². The van der Waals surface area contributed by atoms with Gasteiger partial charge < -0.3 is 14.3 Å². The summed E-state index contributed by atoms with van der Waals surface area (Å²) in [6.07, 6.45) is 7.38. The molecule has 0 unspecified atom stereocenters. The highest BCUT2D eigenvalue weighted by atomic mass is 16.2. The van der Waals surface area contributed by atoms with Crippen molar-refractivity contribution in [3.63, 3.8) is 0 Å². The number of hydrogen-bond acceptors (Lipinski definition) is 3. The molecule has 3 heterocycles. The molecule has 3 rings (SSSR count). The Bertz CT molecular complexity index is 861. The molecule has 0 aliphatic carbocycles. The van der Waals surface area contributed by atoms with E-state index >= 15 is 0 Å². The summed E-state index contributed by atoms with van der Waals surface area (Å²) in [5.41, 5.74) is 3.00. The van der Waals surface area contributed by atoms with Crippen LogP contribution in [0.1, 0.15) is 49.8 Å². The minimum absolute atomic E-state index is 0.0301. The fourth-order valence-electron chi connectivity index (χ4n) is 2.88. The first-order chi connectivity index (χ1) is 11.5. The van der Waals surface area contributed by atoms with E-state index in [0.717, 1.165) is 22.7 Å². The van der Waals surface area contributed by atoms with Crippen LogP contribution in [0.3, 0.4) is 0 Å². The summed E-state index contributed by atoms with van der Waals surface area (Å²) >= 11 is 0. The molecule has 0 bridgehead atoms. The van der Waals surface area contributed by atoms with Crippen LogP contribution < -0.4 is 5.32 Å². The summed E-state index contributed by atoms with van der Waals surface area (Å²) in [5, 5.41) is 3.00. The lowest BCUT2D eigenvalue weighted by molar-refractivity contribution is -0.124. The van der Waals surface area contributed by atoms with Crippen LogP contribution in [-0.2, 0) is 11.3 Å². The first-order valence-electron chi connectivity index (χ1n) is 8.21. The van der Waals surface area contributed by atoms with Gasteiger partial charge in [-0.15, -0.1) is 0 Å². The van der Waals surface area contributed by atoms with Crippen LogP contribution in [0.2, 0.25) is 0 Å². The second-order valence-electron chi connectivity index (χ2n) is 6.38. The Morgan fingerprint density at radius 3 is 2.79 bits per heavy atom. The molecule has 0 spiro atoms. The van der Waals surface area contributed by atoms with Crippen molar-refractivity contribution in [2.45, 2.75) is 46.2 Å². The van der Waals surface area contributed by atoms with Gasteiger partial charge in [0.2, 0.25) is 5.91 Å². The van der Waals surface area contributed by atoms with Gasteiger partial charge in [0, 0.05) is 24.5 Å². The largest absolute Gasteiger partial charge is 0.349 e. The highest BCUT2D eigenvalue weighted by Crippen LogP contribution is 2.17. The molecule has 1 atom stereocenters. The zero-order chi connectivity index (χ0) is 17.3. The zero-order valence-electron chi connectivity index (χ0n) is 14.5. The molecule has 126 valence electrons. The molecule has 0 aromatic carbocycles. The fourth-order valence-corrected chi connectivity index (χ4v) is 2.88. The van der Waals surface area contributed by atoms with E-state index in [0.29, 0.717) is 6.54 Å². The molecule has 0 radical (unpaired) electrons. The molecule has 0 fully saturated rings. The fraction of sp³-hybridized carbons (Fsp3) is 0.389. The predicted molar refractivity (Wildman–Crippen MR) is 92.8 cm³/mol. The Kier molecular flexibility index (Phi) is 4.38. The minimum atomic E-state index is -0.300. The number of rotatable bonds is 5. The molecule has 0 aliphatic rings. The van der Waals surface area contributed by atoms with E-state index in [-0.39, 0.29) is 17.9 Å². The average molecular weight is 325 g/mol. The second-order valence-corrected chi connectivity index (χ2v) is 6.38. The van der Waals surface area contributed by atoms with Crippen molar-refractivity contribution in [1.82, 2.24) is 24.3 Å². The Hall–Kier alpha value is -2.63. The van der Waals surface area contributed by atoms with Crippen molar-refractivity contribution in [1.29, 1.82) is 0 Å². The molecule has 1 N–H and O–H groups in total. The third-order valence-electron chi connectivity index (χ3n) is 4.26. The summed E-state index contributed by atoms with van der Waals surface area (Å²) in [4.78, 5) is 21.3. The van der Waals surface area contributed by atoms with Gasteiger partial charge in [-0.05, 0) is 25.5 Å². The minimum Gasteiger partial charge on any atom is -0.349 e. The lowest BCUT2D eigenvalue weighted by Crippen LogP contribution is -2.31. The number of amides is 1. The number of hydrogen-bond donors (Lipinski definition) is 1. The van der Waals surface area contributed by atoms with Crippen molar-refractivity contribution in [2.24, 2.45) is 0 Å². The highest BCUT2D eigenvalue weighted by molar-refractivity contribution is 5.79. The third-order valence-corrected chi connectivity index (χ3v) is 4.26. The molecule has 6 heteroatoms. The molecule has 0 saturated heterocycles. The maximum Gasteiger partial charge on any atom is 0.243 e. The number of pyridine rings is 1. The van der Waals surface area contributed by atoms with Crippen LogP contribution in [0.5, 0.6) is 0 Å². The van der Waals surface area contributed by atoms with Crippen molar-refractivity contribution >= 4 is 11.6 Å². The lowest BCUT2D eigenvalue weighted by Gasteiger charge is -2.17. The zero-order valence-corrected chi connectivity index (χ0v) is 14.5. The quantitative estimate of drug-likeness (QED) is 0.784. The van der Waals surface area contributed by atoms with E-state index in [9.17, 15) is 4.79 Å². The summed E-state index contributed by atoms with van der Waals surface area (Å²) in [6, 6.07) is 3.71. The summed E-state index contributed by atoms with van der Waals surface area (Å²) in [6.45, 7) is 8.51. The van der Waals surface area contributed by atoms with Gasteiger partial charge in [-0.2, -0.15) is 0 Å². The smallest absolute Gasteiger partial charge is 0.243 e. The van der Waals surface area contributed by atoms with Crippen LogP contribution in [0.4, 0.5) is 0 Å². The Morgan fingerprint density at radius 1 is 1.25 bits per heavy atom. The van der Waals surface area contributed by atoms with Gasteiger partial charge in [-0.1, -0.05) is 19.9 Å². The first kappa shape index (κ1) is 16.2. The van der Waals surface area contributed by atoms with Gasteiger partial charge >= 0.3 is 0 Å². The maximum absolute atomic E-state index is 12.5. The van der Waals surface area contributed by atoms with Crippen LogP contribution in [0.25, 0.3) is 5.65 Å². The third kappa shape index (κ3) is 2.91. The van der Waals surface area contributed by atoms with Crippen LogP contribution in [-0.4, -0.2) is 24.8 Å². The van der Waals surface area contributed by atoms with Gasteiger partial charge in [0.25, 0.3) is 0 Å². The van der Waals surface area contributed by atoms with Crippen molar-refractivity contribution in [3.05, 3.63) is 54.0 Å². The molecule has 6 nitrogen and oxygen atoms in total. The normalized spacial score (nSPS) is 12.7. The number of nitrogens with zero attached hydrogens (tertiary/aromatic N) is 4. The standard InChI is InChI=1S/C18H23N5O/c1-12(2)16-19-7-9-22(16)14(4)18(24)21-11-15-10-20-17-13(3)6-5-8-23(15)17/h5-10,12,14H,11H2,1-4H3,(H,21,24)/t14-/m1/s1. The molecular formula is C18H23N5O. The Morgan fingerprint density at radius 2 is 2.04 bits per heavy atom. The van der Waals surface area contributed by atoms with Crippen LogP contribution in [0, 0.1) is 6.92 Å². The number of imidazole rings is 2. The lowest BCUT2D eigenvalue weighted by atomic mass is 10.2. The van der Waals surface area contributed by atoms with E-state index in [1.165, 1.54) is 0 Å². The highest BCUT2D eigenvalue weighted by Gasteiger charge is 2.19. The molecule has 3 aromatic rings. The topological polar surface area (TPSA) is 64.2 Å². The Labute approximate surface area is 141 Å². The SMILES string of the molecule is Cc1cccn2c(CNC(=O)[C@@H](C)n3ccnc3C(C)C)cnc12. The molecule has 1 amide bonds. The Balaban J connectivity index is 1.73. The molecule has 0 aliphatic heterocycles. The summed E-state index contributed by atoms with van der Waals surface area (Å²) in [7, 11) is 0. The molecule has 24 heavy (non-hydrogen) atoms. The number of aryl methyl sites for hydroxylation is 1. The first-order valence-corrected chi connectivity index (χ1v) is 8.21. The number of aromatic nitrogens is 4. The molecular weight excluding hydrogens is 302 g/mol. The summed E-state index contributed by atoms with van der Waals surface area (Å²) < 4.78 is 3.94.